The number of phenols is 1. The molecule has 0 aliphatic rings. The fourth-order valence-electron chi connectivity index (χ4n) is 1.54. The SMILES string of the molecule is CCOc1cc(CN(C)CCN)ccc1O. The molecule has 16 heavy (non-hydrogen) atoms. The molecule has 0 heterocycles. The quantitative estimate of drug-likeness (QED) is 0.762. The number of nitrogens with two attached hydrogens (primary N) is 1. The van der Waals surface area contributed by atoms with Crippen LogP contribution in [0.3, 0.4) is 0 Å². The summed E-state index contributed by atoms with van der Waals surface area (Å²) < 4.78 is 5.33. The maximum absolute atomic E-state index is 9.54. The van der Waals surface area contributed by atoms with Crippen molar-refractivity contribution in [2.75, 3.05) is 26.7 Å². The van der Waals surface area contributed by atoms with E-state index in [9.17, 15) is 5.11 Å². The second-order valence-electron chi connectivity index (χ2n) is 3.76. The van der Waals surface area contributed by atoms with Crippen LogP contribution >= 0.6 is 0 Å². The van der Waals surface area contributed by atoms with Crippen molar-refractivity contribution in [3.63, 3.8) is 0 Å². The van der Waals surface area contributed by atoms with Crippen LogP contribution in [0, 0.1) is 0 Å². The van der Waals surface area contributed by atoms with Gasteiger partial charge in [-0.25, -0.2) is 0 Å². The first kappa shape index (κ1) is 12.8. The highest BCUT2D eigenvalue weighted by molar-refractivity contribution is 5.41. The van der Waals surface area contributed by atoms with Crippen LogP contribution in [0.5, 0.6) is 11.5 Å². The van der Waals surface area contributed by atoms with Gasteiger partial charge >= 0.3 is 0 Å². The summed E-state index contributed by atoms with van der Waals surface area (Å²) in [5.41, 5.74) is 6.59. The number of nitrogens with zero attached hydrogens (tertiary/aromatic N) is 1. The first-order valence-electron chi connectivity index (χ1n) is 5.50. The summed E-state index contributed by atoms with van der Waals surface area (Å²) >= 11 is 0. The molecule has 0 atom stereocenters. The average molecular weight is 224 g/mol. The van der Waals surface area contributed by atoms with Gasteiger partial charge in [-0.1, -0.05) is 6.07 Å². The van der Waals surface area contributed by atoms with Gasteiger partial charge in [-0.15, -0.1) is 0 Å². The van der Waals surface area contributed by atoms with Crippen LogP contribution in [0.2, 0.25) is 0 Å². The highest BCUT2D eigenvalue weighted by Crippen LogP contribution is 2.27. The molecule has 0 spiro atoms. The standard InChI is InChI=1S/C12H20N2O2/c1-3-16-12-8-10(4-5-11(12)15)9-14(2)7-6-13/h4-5,8,15H,3,6-7,9,13H2,1-2H3. The fourth-order valence-corrected chi connectivity index (χ4v) is 1.54. The molecule has 4 nitrogen and oxygen atoms in total. The van der Waals surface area contributed by atoms with Gasteiger partial charge in [0.15, 0.2) is 11.5 Å². The molecule has 0 aromatic heterocycles. The normalized spacial score (nSPS) is 10.8. The van der Waals surface area contributed by atoms with Crippen LogP contribution in [0.15, 0.2) is 18.2 Å². The van der Waals surface area contributed by atoms with Crippen LogP contribution < -0.4 is 10.5 Å². The Kier molecular flexibility index (Phi) is 5.08. The van der Waals surface area contributed by atoms with Gasteiger partial charge < -0.3 is 20.5 Å². The van der Waals surface area contributed by atoms with Gasteiger partial charge in [0.2, 0.25) is 0 Å². The van der Waals surface area contributed by atoms with Gasteiger partial charge in [-0.3, -0.25) is 0 Å². The number of aromatic hydroxyl groups is 1. The number of phenolic OH excluding ortho intramolecular Hbond substituents is 1. The summed E-state index contributed by atoms with van der Waals surface area (Å²) in [4.78, 5) is 2.13. The van der Waals surface area contributed by atoms with Crippen LogP contribution in [0.1, 0.15) is 12.5 Å². The lowest BCUT2D eigenvalue weighted by atomic mass is 10.2. The lowest BCUT2D eigenvalue weighted by Gasteiger charge is -2.16. The topological polar surface area (TPSA) is 58.7 Å². The summed E-state index contributed by atoms with van der Waals surface area (Å²) in [5, 5.41) is 9.54. The largest absolute Gasteiger partial charge is 0.504 e. The minimum atomic E-state index is 0.187. The van der Waals surface area contributed by atoms with Gasteiger partial charge in [0.1, 0.15) is 0 Å². The molecule has 1 aromatic rings. The molecule has 0 bridgehead atoms. The minimum Gasteiger partial charge on any atom is -0.504 e. The molecule has 0 aliphatic heterocycles. The summed E-state index contributed by atoms with van der Waals surface area (Å²) in [6.45, 7) is 4.75. The number of hydrogen-bond donors (Lipinski definition) is 2. The molecule has 0 radical (unpaired) electrons. The zero-order valence-corrected chi connectivity index (χ0v) is 9.94. The fraction of sp³-hybridized carbons (Fsp3) is 0.500. The zero-order valence-electron chi connectivity index (χ0n) is 9.94. The van der Waals surface area contributed by atoms with E-state index in [1.807, 2.05) is 26.1 Å². The summed E-state index contributed by atoms with van der Waals surface area (Å²) in [7, 11) is 2.01. The van der Waals surface area contributed by atoms with Crippen LogP contribution in [0.25, 0.3) is 0 Å². The summed E-state index contributed by atoms with van der Waals surface area (Å²) in [6.07, 6.45) is 0. The highest BCUT2D eigenvalue weighted by atomic mass is 16.5. The Bertz CT molecular complexity index is 329. The lowest BCUT2D eigenvalue weighted by Crippen LogP contribution is -2.24. The first-order valence-corrected chi connectivity index (χ1v) is 5.50. The van der Waals surface area contributed by atoms with Crippen molar-refractivity contribution in [2.45, 2.75) is 13.5 Å². The Morgan fingerprint density at radius 3 is 2.81 bits per heavy atom. The van der Waals surface area contributed by atoms with E-state index in [0.717, 1.165) is 18.7 Å². The van der Waals surface area contributed by atoms with Gasteiger partial charge in [-0.2, -0.15) is 0 Å². The van der Waals surface area contributed by atoms with Gasteiger partial charge in [0.05, 0.1) is 6.61 Å². The predicted octanol–water partition coefficient (Wildman–Crippen LogP) is 1.18. The smallest absolute Gasteiger partial charge is 0.161 e. The van der Waals surface area contributed by atoms with Gasteiger partial charge in [0, 0.05) is 19.6 Å². The van der Waals surface area contributed by atoms with Crippen molar-refractivity contribution in [2.24, 2.45) is 5.73 Å². The van der Waals surface area contributed by atoms with E-state index < -0.39 is 0 Å². The number of likely N-dealkylation sites (N-methyl/N-ethyl adjacent to an activating group) is 1. The molecule has 0 saturated carbocycles. The Labute approximate surface area is 96.6 Å². The Balaban J connectivity index is 2.70. The van der Waals surface area contributed by atoms with Gasteiger partial charge in [-0.05, 0) is 31.7 Å². The Morgan fingerprint density at radius 2 is 2.19 bits per heavy atom. The number of benzene rings is 1. The van der Waals surface area contributed by atoms with Crippen LogP contribution in [-0.2, 0) is 6.54 Å². The highest BCUT2D eigenvalue weighted by Gasteiger charge is 2.05. The zero-order chi connectivity index (χ0) is 12.0. The van der Waals surface area contributed by atoms with E-state index in [-0.39, 0.29) is 5.75 Å². The molecule has 0 amide bonds. The summed E-state index contributed by atoms with van der Waals surface area (Å²) in [5.74, 6) is 0.730. The van der Waals surface area contributed by atoms with E-state index in [1.165, 1.54) is 0 Å². The molecule has 1 rings (SSSR count). The van der Waals surface area contributed by atoms with Crippen molar-refractivity contribution in [3.05, 3.63) is 23.8 Å². The third-order valence-corrected chi connectivity index (χ3v) is 2.29. The molecule has 3 N–H and O–H groups in total. The third kappa shape index (κ3) is 3.72. The van der Waals surface area contributed by atoms with Crippen LogP contribution in [0.4, 0.5) is 0 Å². The van der Waals surface area contributed by atoms with E-state index in [4.69, 9.17) is 10.5 Å². The second-order valence-corrected chi connectivity index (χ2v) is 3.76. The molecule has 90 valence electrons. The van der Waals surface area contributed by atoms with E-state index >= 15 is 0 Å². The van der Waals surface area contributed by atoms with E-state index in [2.05, 4.69) is 4.90 Å². The molecule has 0 fully saturated rings. The van der Waals surface area contributed by atoms with E-state index in [0.29, 0.717) is 18.9 Å². The molecule has 0 unspecified atom stereocenters. The number of hydrogen-bond acceptors (Lipinski definition) is 4. The second kappa shape index (κ2) is 6.35. The lowest BCUT2D eigenvalue weighted by molar-refractivity contribution is 0.313. The summed E-state index contributed by atoms with van der Waals surface area (Å²) in [6, 6.07) is 5.42. The number of rotatable bonds is 6. The number of ether oxygens (including phenoxy) is 1. The average Bonchev–Trinajstić information content (AvgIpc) is 2.24. The molecule has 4 heteroatoms. The van der Waals surface area contributed by atoms with Crippen molar-refractivity contribution in [1.29, 1.82) is 0 Å². The molecule has 0 saturated heterocycles. The maximum atomic E-state index is 9.54. The van der Waals surface area contributed by atoms with Crippen molar-refractivity contribution in [3.8, 4) is 11.5 Å². The van der Waals surface area contributed by atoms with E-state index in [1.54, 1.807) is 6.07 Å². The monoisotopic (exact) mass is 224 g/mol. The predicted molar refractivity (Wildman–Crippen MR) is 64.7 cm³/mol. The van der Waals surface area contributed by atoms with Crippen molar-refractivity contribution >= 4 is 0 Å². The Morgan fingerprint density at radius 1 is 1.44 bits per heavy atom. The molecular formula is C12H20N2O2. The van der Waals surface area contributed by atoms with Crippen molar-refractivity contribution < 1.29 is 9.84 Å². The third-order valence-electron chi connectivity index (χ3n) is 2.29. The molecule has 1 aromatic carbocycles. The van der Waals surface area contributed by atoms with Crippen LogP contribution in [-0.4, -0.2) is 36.8 Å². The molecule has 0 aliphatic carbocycles. The maximum Gasteiger partial charge on any atom is 0.161 e. The van der Waals surface area contributed by atoms with Crippen molar-refractivity contribution in [1.82, 2.24) is 4.90 Å². The Hall–Kier alpha value is -1.26. The first-order chi connectivity index (χ1) is 7.67. The minimum absolute atomic E-state index is 0.187. The van der Waals surface area contributed by atoms with Gasteiger partial charge in [0.25, 0.3) is 0 Å². The molecular weight excluding hydrogens is 204 g/mol.